The Hall–Kier alpha value is -1.79. The van der Waals surface area contributed by atoms with E-state index in [4.69, 9.17) is 45.4 Å². The maximum atomic E-state index is 12.8. The van der Waals surface area contributed by atoms with E-state index in [9.17, 15) is 18.3 Å². The van der Waals surface area contributed by atoms with Crippen molar-refractivity contribution in [3.05, 3.63) is 45.4 Å². The number of rotatable bonds is 5. The molecule has 2 aromatic rings. The van der Waals surface area contributed by atoms with Gasteiger partial charge in [-0.05, 0) is 24.3 Å². The quantitative estimate of drug-likeness (QED) is 0.518. The van der Waals surface area contributed by atoms with Gasteiger partial charge in [0.2, 0.25) is 10.0 Å². The van der Waals surface area contributed by atoms with Crippen LogP contribution in [-0.4, -0.2) is 32.3 Å². The van der Waals surface area contributed by atoms with Crippen LogP contribution in [0, 0.1) is 0 Å². The lowest BCUT2D eigenvalue weighted by Gasteiger charge is -2.24. The first kappa shape index (κ1) is 21.9. The number of nitrogens with one attached hydrogen (secondary N) is 2. The number of phenolic OH excluding ortho intramolecular Hbond substituents is 1. The Labute approximate surface area is 181 Å². The van der Waals surface area contributed by atoms with Gasteiger partial charge in [-0.1, -0.05) is 40.9 Å². The molecule has 5 N–H and O–H groups in total. The van der Waals surface area contributed by atoms with Gasteiger partial charge in [-0.2, -0.15) is 10.2 Å². The molecule has 0 bridgehead atoms. The van der Waals surface area contributed by atoms with Gasteiger partial charge in [0, 0.05) is 6.42 Å². The van der Waals surface area contributed by atoms with Gasteiger partial charge >= 0.3 is 6.03 Å². The number of anilines is 2. The lowest BCUT2D eigenvalue weighted by molar-refractivity contribution is 0.0866. The molecule has 0 aromatic heterocycles. The van der Waals surface area contributed by atoms with Gasteiger partial charge in [0.05, 0.1) is 39.2 Å². The van der Waals surface area contributed by atoms with E-state index in [-0.39, 0.29) is 26.4 Å². The highest BCUT2D eigenvalue weighted by atomic mass is 35.5. The molecule has 1 heterocycles. The molecule has 1 saturated heterocycles. The maximum absolute atomic E-state index is 12.8. The summed E-state index contributed by atoms with van der Waals surface area (Å²) in [6.07, 6.45) is -0.350. The number of urea groups is 1. The summed E-state index contributed by atoms with van der Waals surface area (Å²) < 4.78 is 27.9. The van der Waals surface area contributed by atoms with Gasteiger partial charge in [-0.15, -0.1) is 0 Å². The fourth-order valence-corrected chi connectivity index (χ4v) is 4.91. The highest BCUT2D eigenvalue weighted by Gasteiger charge is 2.32. The molecule has 2 aromatic carbocycles. The number of hydrogen-bond donors (Lipinski definition) is 4. The molecular weight excluding hydrogens is 467 g/mol. The fraction of sp³-hybridized carbons (Fsp3) is 0.188. The Morgan fingerprint density at radius 1 is 1.21 bits per heavy atom. The summed E-state index contributed by atoms with van der Waals surface area (Å²) >= 11 is 18.2. The molecule has 1 unspecified atom stereocenters. The number of primary amides is 1. The summed E-state index contributed by atoms with van der Waals surface area (Å²) in [7, 11) is -4.30. The summed E-state index contributed by atoms with van der Waals surface area (Å²) in [5, 5.41) is 10.6. The number of aromatic hydroxyl groups is 1. The number of phenols is 1. The summed E-state index contributed by atoms with van der Waals surface area (Å²) in [5.74, 6) is -0.793. The first-order chi connectivity index (χ1) is 13.6. The third-order valence-electron chi connectivity index (χ3n) is 4.00. The van der Waals surface area contributed by atoms with Crippen molar-refractivity contribution in [1.82, 2.24) is 10.2 Å². The highest BCUT2D eigenvalue weighted by Crippen LogP contribution is 2.44. The number of nitrogens with two attached hydrogens (primary N) is 1. The van der Waals surface area contributed by atoms with Crippen LogP contribution in [-0.2, 0) is 14.9 Å². The van der Waals surface area contributed by atoms with E-state index >= 15 is 0 Å². The first-order valence-electron chi connectivity index (χ1n) is 8.08. The summed E-state index contributed by atoms with van der Waals surface area (Å²) in [5.41, 5.74) is 7.75. The summed E-state index contributed by atoms with van der Waals surface area (Å²) in [6.45, 7) is 0.301. The van der Waals surface area contributed by atoms with Crippen LogP contribution in [0.4, 0.5) is 16.2 Å². The zero-order chi connectivity index (χ0) is 21.3. The summed E-state index contributed by atoms with van der Waals surface area (Å²) in [4.78, 5) is 17.3. The predicted molar refractivity (Wildman–Crippen MR) is 109 cm³/mol. The lowest BCUT2D eigenvalue weighted by atomic mass is 10.2. The number of nitrogens with zero attached hydrogens (tertiary/aromatic N) is 1. The average molecular weight is 482 g/mol. The smallest absolute Gasteiger partial charge is 0.324 e. The Morgan fingerprint density at radius 2 is 1.93 bits per heavy atom. The van der Waals surface area contributed by atoms with E-state index in [2.05, 4.69) is 10.2 Å². The van der Waals surface area contributed by atoms with Crippen LogP contribution in [0.1, 0.15) is 6.42 Å². The Bertz CT molecular complexity index is 1060. The van der Waals surface area contributed by atoms with E-state index in [0.29, 0.717) is 13.0 Å². The van der Waals surface area contributed by atoms with Crippen molar-refractivity contribution in [3.8, 4) is 5.75 Å². The zero-order valence-electron chi connectivity index (χ0n) is 14.5. The molecule has 1 aliphatic heterocycles. The topological polar surface area (TPSA) is 134 Å². The molecule has 3 rings (SSSR count). The number of amides is 2. The van der Waals surface area contributed by atoms with Crippen molar-refractivity contribution in [2.45, 2.75) is 17.5 Å². The van der Waals surface area contributed by atoms with Gasteiger partial charge in [-0.3, -0.25) is 4.90 Å². The Balaban J connectivity index is 2.13. The molecule has 9 nitrogen and oxygen atoms in total. The van der Waals surface area contributed by atoms with Crippen LogP contribution >= 0.6 is 34.8 Å². The number of sulfonamides is 1. The van der Waals surface area contributed by atoms with E-state index in [1.54, 1.807) is 0 Å². The molecule has 0 aliphatic carbocycles. The van der Waals surface area contributed by atoms with E-state index in [0.717, 1.165) is 4.90 Å². The van der Waals surface area contributed by atoms with Crippen molar-refractivity contribution in [3.63, 3.8) is 0 Å². The third kappa shape index (κ3) is 4.38. The molecular formula is C16H15Cl3N4O5S. The molecule has 0 spiro atoms. The van der Waals surface area contributed by atoms with E-state index < -0.39 is 32.9 Å². The molecule has 2 amide bonds. The van der Waals surface area contributed by atoms with Gasteiger partial charge in [0.25, 0.3) is 0 Å². The molecule has 1 atom stereocenters. The first-order valence-corrected chi connectivity index (χ1v) is 10.7. The second kappa shape index (κ2) is 8.52. The second-order valence-corrected chi connectivity index (χ2v) is 8.76. The number of hydroxylamine groups is 1. The molecule has 13 heteroatoms. The van der Waals surface area contributed by atoms with E-state index in [1.807, 2.05) is 0 Å². The number of carbonyl (C=O) groups excluding carboxylic acids is 1. The van der Waals surface area contributed by atoms with Crippen LogP contribution in [0.15, 0.2) is 35.2 Å². The van der Waals surface area contributed by atoms with Crippen molar-refractivity contribution in [2.75, 3.05) is 11.5 Å². The van der Waals surface area contributed by atoms with Gasteiger partial charge in [0.15, 0.2) is 5.75 Å². The number of benzene rings is 2. The van der Waals surface area contributed by atoms with Gasteiger partial charge in [0.1, 0.15) is 4.90 Å². The third-order valence-corrected chi connectivity index (χ3v) is 6.78. The second-order valence-electron chi connectivity index (χ2n) is 5.92. The minimum atomic E-state index is -4.30. The van der Waals surface area contributed by atoms with Crippen LogP contribution in [0.2, 0.25) is 15.1 Å². The minimum absolute atomic E-state index is 0.0165. The van der Waals surface area contributed by atoms with Gasteiger partial charge < -0.3 is 15.7 Å². The monoisotopic (exact) mass is 480 g/mol. The average Bonchev–Trinajstić information content (AvgIpc) is 3.12. The molecule has 156 valence electrons. The fourth-order valence-electron chi connectivity index (χ4n) is 2.73. The Kier molecular flexibility index (Phi) is 6.44. The van der Waals surface area contributed by atoms with Crippen LogP contribution in [0.5, 0.6) is 5.75 Å². The molecule has 1 aliphatic rings. The Morgan fingerprint density at radius 3 is 2.55 bits per heavy atom. The van der Waals surface area contributed by atoms with Crippen molar-refractivity contribution < 1.29 is 23.2 Å². The predicted octanol–water partition coefficient (Wildman–Crippen LogP) is 3.10. The minimum Gasteiger partial charge on any atom is -0.504 e. The largest absolute Gasteiger partial charge is 0.504 e. The lowest BCUT2D eigenvalue weighted by Crippen LogP contribution is -2.41. The van der Waals surface area contributed by atoms with Crippen molar-refractivity contribution in [1.29, 1.82) is 0 Å². The highest BCUT2D eigenvalue weighted by molar-refractivity contribution is 7.89. The SMILES string of the molecule is NC(=O)N(c1ccc(Cl)c(S(=O)(=O)NC2CCON2)c1O)c1cccc(Cl)c1Cl. The van der Waals surface area contributed by atoms with Crippen molar-refractivity contribution >= 4 is 62.2 Å². The zero-order valence-corrected chi connectivity index (χ0v) is 17.6. The van der Waals surface area contributed by atoms with Gasteiger partial charge in [-0.25, -0.2) is 13.2 Å². The summed E-state index contributed by atoms with van der Waals surface area (Å²) in [6, 6.07) is 5.84. The number of halogens is 3. The van der Waals surface area contributed by atoms with Crippen molar-refractivity contribution in [2.24, 2.45) is 5.73 Å². The normalized spacial score (nSPS) is 16.7. The molecule has 0 saturated carbocycles. The molecule has 1 fully saturated rings. The molecule has 29 heavy (non-hydrogen) atoms. The number of hydrogen-bond acceptors (Lipinski definition) is 6. The molecule has 0 radical (unpaired) electrons. The van der Waals surface area contributed by atoms with Crippen LogP contribution < -0.4 is 20.8 Å². The maximum Gasteiger partial charge on any atom is 0.324 e. The van der Waals surface area contributed by atoms with Crippen LogP contribution in [0.3, 0.4) is 0 Å². The van der Waals surface area contributed by atoms with Crippen LogP contribution in [0.25, 0.3) is 0 Å². The standard InChI is InChI=1S/C16H15Cl3N4O5S/c17-8-2-1-3-10(13(8)19)23(16(20)25)11-5-4-9(18)15(14(11)24)29(26,27)22-12-6-7-28-21-12/h1-5,12,21-22,24H,6-7H2,(H2,20,25). The number of carbonyl (C=O) groups is 1. The van der Waals surface area contributed by atoms with E-state index in [1.165, 1.54) is 30.3 Å².